The summed E-state index contributed by atoms with van der Waals surface area (Å²) in [6.07, 6.45) is 19.5. The Hall–Kier alpha value is -1.04. The normalized spacial score (nSPS) is 30.4. The van der Waals surface area contributed by atoms with E-state index in [-0.39, 0.29) is 0 Å². The van der Waals surface area contributed by atoms with Gasteiger partial charge in [0.25, 0.3) is 0 Å². The molecule has 1 aliphatic carbocycles. The minimum atomic E-state index is 1.02. The molecule has 0 aliphatic heterocycles. The first-order valence-corrected chi connectivity index (χ1v) is 3.54. The van der Waals surface area contributed by atoms with E-state index in [2.05, 4.69) is 30.4 Å². The molecule has 0 saturated heterocycles. The summed E-state index contributed by atoms with van der Waals surface area (Å²) in [6, 6.07) is 0. The Morgan fingerprint density at radius 2 is 1.70 bits per heavy atom. The van der Waals surface area contributed by atoms with E-state index in [1.165, 1.54) is 0 Å². The SMILES string of the molecule is [C]1=C\C=C/C/C=C\C\C=C/1. The Kier molecular flexibility index (Phi) is 3.40. The first-order chi connectivity index (χ1) is 5.00. The molecule has 0 heterocycles. The largest absolute Gasteiger partial charge is 0.0844 e. The molecule has 0 aromatic heterocycles. The number of allylic oxidation sites excluding steroid dienone is 8. The van der Waals surface area contributed by atoms with Gasteiger partial charge in [0.15, 0.2) is 0 Å². The Morgan fingerprint density at radius 3 is 2.60 bits per heavy atom. The van der Waals surface area contributed by atoms with E-state index in [9.17, 15) is 0 Å². The van der Waals surface area contributed by atoms with Gasteiger partial charge in [0.05, 0.1) is 0 Å². The molecule has 0 atom stereocenters. The van der Waals surface area contributed by atoms with Crippen LogP contribution in [-0.2, 0) is 0 Å². The third kappa shape index (κ3) is 3.08. The molecule has 0 saturated carbocycles. The van der Waals surface area contributed by atoms with Crippen LogP contribution < -0.4 is 0 Å². The maximum Gasteiger partial charge on any atom is -0.0166 e. The summed E-state index contributed by atoms with van der Waals surface area (Å²) >= 11 is 0. The molecule has 0 nitrogen and oxygen atoms in total. The molecule has 10 heavy (non-hydrogen) atoms. The van der Waals surface area contributed by atoms with E-state index < -0.39 is 0 Å². The van der Waals surface area contributed by atoms with Crippen molar-refractivity contribution in [1.29, 1.82) is 0 Å². The number of hydrogen-bond donors (Lipinski definition) is 0. The molecular weight excluding hydrogens is 120 g/mol. The van der Waals surface area contributed by atoms with Gasteiger partial charge >= 0.3 is 0 Å². The molecule has 1 radical (unpaired) electrons. The van der Waals surface area contributed by atoms with Gasteiger partial charge in [-0.3, -0.25) is 0 Å². The van der Waals surface area contributed by atoms with Crippen LogP contribution in [-0.4, -0.2) is 0 Å². The highest BCUT2D eigenvalue weighted by Gasteiger charge is 1.73. The first kappa shape index (κ1) is 7.07. The summed E-state index contributed by atoms with van der Waals surface area (Å²) in [5.74, 6) is 0. The molecular formula is C10H11. The highest BCUT2D eigenvalue weighted by Crippen LogP contribution is 1.93. The first-order valence-electron chi connectivity index (χ1n) is 3.54. The highest BCUT2D eigenvalue weighted by atomic mass is 13.8. The summed E-state index contributed by atoms with van der Waals surface area (Å²) in [6.45, 7) is 0. The van der Waals surface area contributed by atoms with E-state index in [0.717, 1.165) is 12.8 Å². The van der Waals surface area contributed by atoms with Gasteiger partial charge in [-0.15, -0.1) is 0 Å². The van der Waals surface area contributed by atoms with Crippen molar-refractivity contribution in [3.63, 3.8) is 0 Å². The second-order valence-corrected chi connectivity index (χ2v) is 2.11. The van der Waals surface area contributed by atoms with Crippen LogP contribution in [0.15, 0.2) is 42.5 Å². The van der Waals surface area contributed by atoms with Crippen molar-refractivity contribution < 1.29 is 0 Å². The van der Waals surface area contributed by atoms with E-state index in [4.69, 9.17) is 0 Å². The van der Waals surface area contributed by atoms with Crippen molar-refractivity contribution >= 4 is 0 Å². The van der Waals surface area contributed by atoms with Gasteiger partial charge in [0, 0.05) is 0 Å². The summed E-state index contributed by atoms with van der Waals surface area (Å²) in [4.78, 5) is 0. The summed E-state index contributed by atoms with van der Waals surface area (Å²) in [5, 5.41) is 0. The summed E-state index contributed by atoms with van der Waals surface area (Å²) in [5.41, 5.74) is 0. The van der Waals surface area contributed by atoms with Crippen LogP contribution in [0, 0.1) is 6.08 Å². The molecule has 0 aromatic carbocycles. The average Bonchev–Trinajstić information content (AvgIpc) is 2.01. The predicted octanol–water partition coefficient (Wildman–Crippen LogP) is 2.81. The predicted molar refractivity (Wildman–Crippen MR) is 44.5 cm³/mol. The lowest BCUT2D eigenvalue weighted by Gasteiger charge is -1.83. The van der Waals surface area contributed by atoms with Crippen molar-refractivity contribution in [2.24, 2.45) is 0 Å². The van der Waals surface area contributed by atoms with Gasteiger partial charge in [-0.25, -0.2) is 0 Å². The molecule has 1 aliphatic rings. The third-order valence-electron chi connectivity index (χ3n) is 1.25. The smallest absolute Gasteiger partial charge is 0.0166 e. The molecule has 0 amide bonds. The molecule has 0 heteroatoms. The van der Waals surface area contributed by atoms with E-state index in [1.54, 1.807) is 0 Å². The monoisotopic (exact) mass is 131 g/mol. The lowest BCUT2D eigenvalue weighted by Crippen LogP contribution is -1.63. The molecule has 1 rings (SSSR count). The fraction of sp³-hybridized carbons (Fsp3) is 0.200. The fourth-order valence-corrected chi connectivity index (χ4v) is 0.743. The lowest BCUT2D eigenvalue weighted by molar-refractivity contribution is 1.30. The van der Waals surface area contributed by atoms with E-state index in [0.29, 0.717) is 0 Å². The maximum atomic E-state index is 3.03. The topological polar surface area (TPSA) is 0 Å². The Bertz CT molecular complexity index is 160. The zero-order chi connectivity index (χ0) is 7.07. The highest BCUT2D eigenvalue weighted by molar-refractivity contribution is 5.10. The third-order valence-corrected chi connectivity index (χ3v) is 1.25. The van der Waals surface area contributed by atoms with Crippen LogP contribution in [0.25, 0.3) is 0 Å². The molecule has 0 N–H and O–H groups in total. The van der Waals surface area contributed by atoms with Crippen LogP contribution in [0.4, 0.5) is 0 Å². The van der Waals surface area contributed by atoms with Crippen LogP contribution in [0.3, 0.4) is 0 Å². The molecule has 0 fully saturated rings. The zero-order valence-electron chi connectivity index (χ0n) is 5.96. The Labute approximate surface area is 62.3 Å². The number of rotatable bonds is 0. The van der Waals surface area contributed by atoms with Crippen molar-refractivity contribution in [2.45, 2.75) is 12.8 Å². The van der Waals surface area contributed by atoms with Gasteiger partial charge in [0.1, 0.15) is 0 Å². The molecule has 0 bridgehead atoms. The van der Waals surface area contributed by atoms with Gasteiger partial charge in [-0.1, -0.05) is 42.5 Å². The zero-order valence-corrected chi connectivity index (χ0v) is 5.96. The molecule has 51 valence electrons. The van der Waals surface area contributed by atoms with Crippen molar-refractivity contribution in [2.75, 3.05) is 0 Å². The molecule has 0 aromatic rings. The van der Waals surface area contributed by atoms with Gasteiger partial charge in [-0.05, 0) is 18.9 Å². The fourth-order valence-electron chi connectivity index (χ4n) is 0.743. The van der Waals surface area contributed by atoms with Crippen molar-refractivity contribution in [3.05, 3.63) is 48.6 Å². The molecule has 0 spiro atoms. The minimum Gasteiger partial charge on any atom is -0.0844 e. The van der Waals surface area contributed by atoms with E-state index in [1.807, 2.05) is 18.2 Å². The quantitative estimate of drug-likeness (QED) is 0.443. The second-order valence-electron chi connectivity index (χ2n) is 2.11. The number of hydrogen-bond acceptors (Lipinski definition) is 0. The van der Waals surface area contributed by atoms with Gasteiger partial charge in [0.2, 0.25) is 0 Å². The lowest BCUT2D eigenvalue weighted by atomic mass is 10.2. The standard InChI is InChI=1S/C10H11/c1-2-4-6-8-10-9-7-5-3-1/h1-3,6-9H,4,10H2/b2-1-,5-3?,8-6-,9-7-. The maximum absolute atomic E-state index is 3.03. The van der Waals surface area contributed by atoms with E-state index >= 15 is 0 Å². The van der Waals surface area contributed by atoms with Crippen LogP contribution in [0.5, 0.6) is 0 Å². The summed E-state index contributed by atoms with van der Waals surface area (Å²) in [7, 11) is 0. The van der Waals surface area contributed by atoms with Crippen LogP contribution in [0.1, 0.15) is 12.8 Å². The average molecular weight is 131 g/mol. The Balaban J connectivity index is 2.51. The minimum absolute atomic E-state index is 1.02. The van der Waals surface area contributed by atoms with Crippen molar-refractivity contribution in [1.82, 2.24) is 0 Å². The Morgan fingerprint density at radius 1 is 0.900 bits per heavy atom. The van der Waals surface area contributed by atoms with Crippen molar-refractivity contribution in [3.8, 4) is 0 Å². The summed E-state index contributed by atoms with van der Waals surface area (Å²) < 4.78 is 0. The second kappa shape index (κ2) is 4.80. The van der Waals surface area contributed by atoms with Crippen LogP contribution in [0.2, 0.25) is 0 Å². The van der Waals surface area contributed by atoms with Crippen LogP contribution >= 0.6 is 0 Å². The van der Waals surface area contributed by atoms with Gasteiger partial charge in [-0.2, -0.15) is 0 Å². The molecule has 0 unspecified atom stereocenters. The van der Waals surface area contributed by atoms with Gasteiger partial charge < -0.3 is 0 Å².